The van der Waals surface area contributed by atoms with Crippen LogP contribution in [0.4, 0.5) is 11.4 Å². The van der Waals surface area contributed by atoms with Crippen LogP contribution in [0.15, 0.2) is 18.2 Å². The van der Waals surface area contributed by atoms with Gasteiger partial charge in [-0.25, -0.2) is 0 Å². The fourth-order valence-electron chi connectivity index (χ4n) is 2.01. The molecule has 10 heteroatoms. The van der Waals surface area contributed by atoms with Crippen molar-refractivity contribution in [1.29, 1.82) is 0 Å². The summed E-state index contributed by atoms with van der Waals surface area (Å²) in [5.74, 6) is -0.455. The molecule has 9 nitrogen and oxygen atoms in total. The number of nitrogens with zero attached hydrogens (tertiary/aromatic N) is 2. The molecule has 0 bridgehead atoms. The molecule has 1 heterocycles. The molecule has 1 aromatic carbocycles. The Bertz CT molecular complexity index is 610. The van der Waals surface area contributed by atoms with Crippen molar-refractivity contribution in [2.24, 2.45) is 5.73 Å². The van der Waals surface area contributed by atoms with Gasteiger partial charge in [0.15, 0.2) is 6.61 Å². The second-order valence-electron chi connectivity index (χ2n) is 4.67. The minimum Gasteiger partial charge on any atom is -0.482 e. The van der Waals surface area contributed by atoms with Crippen molar-refractivity contribution in [3.05, 3.63) is 28.3 Å². The van der Waals surface area contributed by atoms with E-state index in [1.807, 2.05) is 0 Å². The first-order valence-corrected chi connectivity index (χ1v) is 6.71. The lowest BCUT2D eigenvalue weighted by atomic mass is 10.2. The Hall–Kier alpha value is -2.39. The summed E-state index contributed by atoms with van der Waals surface area (Å²) in [6.45, 7) is 0.434. The molecule has 2 rings (SSSR count). The molecule has 1 aromatic rings. The minimum absolute atomic E-state index is 0. The van der Waals surface area contributed by atoms with Gasteiger partial charge in [-0.2, -0.15) is 0 Å². The number of hydrogen-bond donors (Lipinski definition) is 2. The molecule has 0 saturated carbocycles. The minimum atomic E-state index is -0.571. The maximum Gasteiger partial charge on any atom is 0.271 e. The quantitative estimate of drug-likeness (QED) is 0.431. The molecule has 0 saturated heterocycles. The van der Waals surface area contributed by atoms with Crippen molar-refractivity contribution in [1.82, 2.24) is 5.32 Å². The Morgan fingerprint density at radius 1 is 1.48 bits per heavy atom. The summed E-state index contributed by atoms with van der Waals surface area (Å²) in [7, 11) is 0. The van der Waals surface area contributed by atoms with Crippen molar-refractivity contribution >= 4 is 35.6 Å². The SMILES string of the molecule is Cl.NCCCNC(=O)CN1C(=O)COc2ccc([N+](=O)[O-])cc21. The third-order valence-corrected chi connectivity index (χ3v) is 3.10. The van der Waals surface area contributed by atoms with Crippen molar-refractivity contribution in [3.8, 4) is 5.75 Å². The number of carbonyl (C=O) groups is 2. The Morgan fingerprint density at radius 2 is 2.22 bits per heavy atom. The van der Waals surface area contributed by atoms with Gasteiger partial charge in [-0.05, 0) is 19.0 Å². The Balaban J connectivity index is 0.00000264. The van der Waals surface area contributed by atoms with Gasteiger partial charge >= 0.3 is 0 Å². The van der Waals surface area contributed by atoms with Crippen LogP contribution in [-0.2, 0) is 9.59 Å². The number of nitro groups is 1. The number of hydrogen-bond acceptors (Lipinski definition) is 6. The monoisotopic (exact) mass is 344 g/mol. The summed E-state index contributed by atoms with van der Waals surface area (Å²) < 4.78 is 5.22. The molecule has 0 fully saturated rings. The lowest BCUT2D eigenvalue weighted by Crippen LogP contribution is -2.45. The van der Waals surface area contributed by atoms with Gasteiger partial charge in [0, 0.05) is 18.7 Å². The highest BCUT2D eigenvalue weighted by atomic mass is 35.5. The number of rotatable bonds is 6. The van der Waals surface area contributed by atoms with Crippen molar-refractivity contribution < 1.29 is 19.2 Å². The van der Waals surface area contributed by atoms with Crippen LogP contribution in [-0.4, -0.2) is 43.0 Å². The molecule has 0 atom stereocenters. The van der Waals surface area contributed by atoms with Crippen LogP contribution < -0.4 is 20.7 Å². The van der Waals surface area contributed by atoms with Gasteiger partial charge in [0.1, 0.15) is 12.3 Å². The van der Waals surface area contributed by atoms with Crippen molar-refractivity contribution in [2.45, 2.75) is 6.42 Å². The topological polar surface area (TPSA) is 128 Å². The van der Waals surface area contributed by atoms with E-state index in [4.69, 9.17) is 10.5 Å². The highest BCUT2D eigenvalue weighted by molar-refractivity contribution is 6.02. The van der Waals surface area contributed by atoms with Crippen LogP contribution in [0.25, 0.3) is 0 Å². The molecular formula is C13H17ClN4O5. The summed E-state index contributed by atoms with van der Waals surface area (Å²) in [5.41, 5.74) is 5.38. The molecule has 0 aromatic heterocycles. The number of nitrogens with two attached hydrogens (primary N) is 1. The maximum atomic E-state index is 11.9. The summed E-state index contributed by atoms with van der Waals surface area (Å²) >= 11 is 0. The van der Waals surface area contributed by atoms with E-state index in [1.165, 1.54) is 23.1 Å². The summed E-state index contributed by atoms with van der Waals surface area (Å²) in [4.78, 5) is 35.2. The van der Waals surface area contributed by atoms with Gasteiger partial charge in [-0.3, -0.25) is 24.6 Å². The number of amides is 2. The summed E-state index contributed by atoms with van der Waals surface area (Å²) in [5, 5.41) is 13.5. The van der Waals surface area contributed by atoms with E-state index in [2.05, 4.69) is 5.32 Å². The maximum absolute atomic E-state index is 11.9. The Kier molecular flexibility index (Phi) is 6.73. The first-order valence-electron chi connectivity index (χ1n) is 6.71. The average molecular weight is 345 g/mol. The van der Waals surface area contributed by atoms with Crippen molar-refractivity contribution in [2.75, 3.05) is 31.1 Å². The normalized spacial score (nSPS) is 12.7. The van der Waals surface area contributed by atoms with E-state index < -0.39 is 10.8 Å². The lowest BCUT2D eigenvalue weighted by molar-refractivity contribution is -0.384. The summed E-state index contributed by atoms with van der Waals surface area (Å²) in [6, 6.07) is 3.92. The van der Waals surface area contributed by atoms with Crippen LogP contribution >= 0.6 is 12.4 Å². The molecule has 0 radical (unpaired) electrons. The average Bonchev–Trinajstić information content (AvgIpc) is 2.50. The molecule has 0 aliphatic carbocycles. The van der Waals surface area contributed by atoms with Crippen LogP contribution in [0.2, 0.25) is 0 Å². The molecule has 126 valence electrons. The van der Waals surface area contributed by atoms with E-state index in [0.717, 1.165) is 0 Å². The molecule has 2 amide bonds. The van der Waals surface area contributed by atoms with Gasteiger partial charge in [-0.15, -0.1) is 12.4 Å². The fraction of sp³-hybridized carbons (Fsp3) is 0.385. The zero-order valence-electron chi connectivity index (χ0n) is 12.2. The van der Waals surface area contributed by atoms with E-state index >= 15 is 0 Å². The zero-order valence-corrected chi connectivity index (χ0v) is 13.0. The van der Waals surface area contributed by atoms with Crippen LogP contribution in [0, 0.1) is 10.1 Å². The molecular weight excluding hydrogens is 328 g/mol. The van der Waals surface area contributed by atoms with E-state index in [-0.39, 0.29) is 42.8 Å². The fourth-order valence-corrected chi connectivity index (χ4v) is 2.01. The number of anilines is 1. The number of halogens is 1. The highest BCUT2D eigenvalue weighted by Gasteiger charge is 2.29. The first kappa shape index (κ1) is 18.7. The standard InChI is InChI=1S/C13H16N4O5.ClH/c14-4-1-5-15-12(18)7-16-10-6-9(17(20)21)2-3-11(10)22-8-13(16)19;/h2-3,6H,1,4-5,7-8,14H2,(H,15,18);1H. The molecule has 0 unspecified atom stereocenters. The predicted molar refractivity (Wildman–Crippen MR) is 84.9 cm³/mol. The van der Waals surface area contributed by atoms with E-state index in [0.29, 0.717) is 25.3 Å². The third kappa shape index (κ3) is 4.54. The summed E-state index contributed by atoms with van der Waals surface area (Å²) in [6.07, 6.45) is 0.630. The smallest absolute Gasteiger partial charge is 0.271 e. The van der Waals surface area contributed by atoms with Crippen LogP contribution in [0.3, 0.4) is 0 Å². The van der Waals surface area contributed by atoms with Crippen LogP contribution in [0.1, 0.15) is 6.42 Å². The predicted octanol–water partition coefficient (Wildman–Crippen LogP) is 0.207. The van der Waals surface area contributed by atoms with Gasteiger partial charge in [0.25, 0.3) is 11.6 Å². The number of benzene rings is 1. The molecule has 3 N–H and O–H groups in total. The second-order valence-corrected chi connectivity index (χ2v) is 4.67. The van der Waals surface area contributed by atoms with Gasteiger partial charge < -0.3 is 15.8 Å². The first-order chi connectivity index (χ1) is 10.5. The molecule has 23 heavy (non-hydrogen) atoms. The van der Waals surface area contributed by atoms with E-state index in [1.54, 1.807) is 0 Å². The molecule has 1 aliphatic heterocycles. The van der Waals surface area contributed by atoms with Gasteiger partial charge in [0.05, 0.1) is 10.6 Å². The number of carbonyl (C=O) groups excluding carboxylic acids is 2. The zero-order chi connectivity index (χ0) is 16.1. The van der Waals surface area contributed by atoms with Gasteiger partial charge in [0.2, 0.25) is 5.91 Å². The number of nitro benzene ring substituents is 1. The number of non-ortho nitro benzene ring substituents is 1. The van der Waals surface area contributed by atoms with Crippen molar-refractivity contribution in [3.63, 3.8) is 0 Å². The number of fused-ring (bicyclic) bond motifs is 1. The van der Waals surface area contributed by atoms with Gasteiger partial charge in [-0.1, -0.05) is 0 Å². The highest BCUT2D eigenvalue weighted by Crippen LogP contribution is 2.34. The molecule has 0 spiro atoms. The third-order valence-electron chi connectivity index (χ3n) is 3.10. The second kappa shape index (κ2) is 8.30. The Labute approximate surface area is 138 Å². The Morgan fingerprint density at radius 3 is 2.87 bits per heavy atom. The molecule has 1 aliphatic rings. The van der Waals surface area contributed by atoms with E-state index in [9.17, 15) is 19.7 Å². The largest absolute Gasteiger partial charge is 0.482 e. The number of nitrogens with one attached hydrogen (secondary N) is 1. The lowest BCUT2D eigenvalue weighted by Gasteiger charge is -2.28. The van der Waals surface area contributed by atoms with Crippen LogP contribution in [0.5, 0.6) is 5.75 Å². The number of ether oxygens (including phenoxy) is 1.